The van der Waals surface area contributed by atoms with E-state index in [0.29, 0.717) is 11.3 Å². The minimum absolute atomic E-state index is 0.0930. The van der Waals surface area contributed by atoms with Crippen molar-refractivity contribution >= 4 is 18.6 Å². The number of benzene rings is 2. The topological polar surface area (TPSA) is 109 Å². The zero-order chi connectivity index (χ0) is 21.6. The van der Waals surface area contributed by atoms with Crippen LogP contribution in [0.3, 0.4) is 0 Å². The van der Waals surface area contributed by atoms with Crippen LogP contribution in [0.5, 0.6) is 5.75 Å². The highest BCUT2D eigenvalue weighted by molar-refractivity contribution is 7.49. The van der Waals surface area contributed by atoms with Crippen molar-refractivity contribution < 1.29 is 22.9 Å². The van der Waals surface area contributed by atoms with Crippen molar-refractivity contribution in [2.75, 3.05) is 6.61 Å². The Morgan fingerprint density at radius 1 is 1.19 bits per heavy atom. The second kappa shape index (κ2) is 7.62. The largest absolute Gasteiger partial charge is 0.530 e. The minimum atomic E-state index is -3.82. The third-order valence-electron chi connectivity index (χ3n) is 5.14. The smallest absolute Gasteiger partial charge is 0.404 e. The summed E-state index contributed by atoms with van der Waals surface area (Å²) < 4.78 is 36.4. The number of nitrogens with zero attached hydrogens (tertiary/aromatic N) is 1. The molecule has 31 heavy (non-hydrogen) atoms. The Balaban J connectivity index is 1.26. The number of phosphoric ester groups is 1. The van der Waals surface area contributed by atoms with Gasteiger partial charge < -0.3 is 9.26 Å². The quantitative estimate of drug-likeness (QED) is 0.488. The molecule has 0 bridgehead atoms. The summed E-state index contributed by atoms with van der Waals surface area (Å²) in [6.45, 7) is 1.61. The van der Waals surface area contributed by atoms with Crippen LogP contribution in [0, 0.1) is 6.92 Å². The molecule has 1 aromatic heterocycles. The van der Waals surface area contributed by atoms with Crippen LogP contribution in [-0.2, 0) is 25.0 Å². The van der Waals surface area contributed by atoms with E-state index in [4.69, 9.17) is 18.3 Å². The maximum absolute atomic E-state index is 12.9. The number of rotatable bonds is 4. The van der Waals surface area contributed by atoms with Crippen LogP contribution in [0.1, 0.15) is 17.4 Å². The Morgan fingerprint density at radius 3 is 2.77 bits per heavy atom. The van der Waals surface area contributed by atoms with E-state index in [-0.39, 0.29) is 13.2 Å². The van der Waals surface area contributed by atoms with Gasteiger partial charge in [0.2, 0.25) is 0 Å². The van der Waals surface area contributed by atoms with E-state index in [0.717, 1.165) is 16.3 Å². The van der Waals surface area contributed by atoms with E-state index < -0.39 is 31.4 Å². The van der Waals surface area contributed by atoms with Gasteiger partial charge in [0.15, 0.2) is 6.23 Å². The number of aryl methyl sites for hydroxylation is 1. The summed E-state index contributed by atoms with van der Waals surface area (Å²) in [5.74, 6) is 0.462. The van der Waals surface area contributed by atoms with Gasteiger partial charge in [0.25, 0.3) is 5.56 Å². The summed E-state index contributed by atoms with van der Waals surface area (Å²) >= 11 is 0. The zero-order valence-corrected chi connectivity index (χ0v) is 17.4. The van der Waals surface area contributed by atoms with Gasteiger partial charge in [-0.15, -0.1) is 0 Å². The first-order chi connectivity index (χ1) is 14.9. The lowest BCUT2D eigenvalue weighted by atomic mass is 10.1. The molecule has 0 radical (unpaired) electrons. The highest BCUT2D eigenvalue weighted by atomic mass is 31.2. The second-order valence-corrected chi connectivity index (χ2v) is 8.94. The Labute approximate surface area is 176 Å². The fraction of sp³-hybridized carbons (Fsp3) is 0.238. The predicted molar refractivity (Wildman–Crippen MR) is 112 cm³/mol. The van der Waals surface area contributed by atoms with Crippen LogP contribution >= 0.6 is 7.82 Å². The third-order valence-corrected chi connectivity index (χ3v) is 6.47. The van der Waals surface area contributed by atoms with Gasteiger partial charge in [-0.05, 0) is 35.9 Å². The number of aromatic amines is 1. The number of phosphoric acid groups is 1. The molecule has 10 heteroatoms. The SMILES string of the molecule is Cc1cn([C@H]2C=C[C@@H](COP3(=O)OCc4cc5ccccc5cc4O3)O2)c(=O)[nH]c1=O. The standard InChI is InChI=1S/C21H19N2O7P/c1-13-10-23(21(25)22-20(13)24)19-7-6-17(29-19)12-28-31(26)27-11-16-8-14-4-2-3-5-15(14)9-18(16)30-31/h2-10,17,19H,11-12H2,1H3,(H,22,24,25)/t17-,19+,31?/m0/s1. The predicted octanol–water partition coefficient (Wildman–Crippen LogP) is 3.19. The number of H-pyrrole nitrogens is 1. The third kappa shape index (κ3) is 3.88. The van der Waals surface area contributed by atoms with Crippen molar-refractivity contribution in [1.82, 2.24) is 9.55 Å². The summed E-state index contributed by atoms with van der Waals surface area (Å²) in [7, 11) is -3.82. The first kappa shape index (κ1) is 20.0. The highest BCUT2D eigenvalue weighted by Crippen LogP contribution is 2.55. The molecule has 160 valence electrons. The van der Waals surface area contributed by atoms with Crippen LogP contribution in [0.15, 0.2) is 64.3 Å². The molecular formula is C21H19N2O7P. The molecule has 0 amide bonds. The van der Waals surface area contributed by atoms with Gasteiger partial charge in [0, 0.05) is 17.3 Å². The maximum atomic E-state index is 12.9. The number of fused-ring (bicyclic) bond motifs is 2. The van der Waals surface area contributed by atoms with Gasteiger partial charge in [-0.25, -0.2) is 9.36 Å². The lowest BCUT2D eigenvalue weighted by molar-refractivity contribution is -0.0130. The number of hydrogen-bond acceptors (Lipinski definition) is 7. The summed E-state index contributed by atoms with van der Waals surface area (Å²) in [6.07, 6.45) is 3.50. The molecule has 0 fully saturated rings. The lowest BCUT2D eigenvalue weighted by Gasteiger charge is -2.26. The van der Waals surface area contributed by atoms with E-state index in [1.54, 1.807) is 19.1 Å². The van der Waals surface area contributed by atoms with Crippen LogP contribution in [0.2, 0.25) is 0 Å². The minimum Gasteiger partial charge on any atom is -0.404 e. The normalized spacial score (nSPS) is 24.8. The number of nitrogens with one attached hydrogen (secondary N) is 1. The Bertz CT molecular complexity index is 1360. The number of aromatic nitrogens is 2. The molecule has 2 aliphatic rings. The van der Waals surface area contributed by atoms with E-state index in [1.807, 2.05) is 36.4 Å². The van der Waals surface area contributed by atoms with Gasteiger partial charge in [-0.1, -0.05) is 30.3 Å². The van der Waals surface area contributed by atoms with Gasteiger partial charge in [0.1, 0.15) is 11.9 Å². The fourth-order valence-electron chi connectivity index (χ4n) is 3.51. The first-order valence-electron chi connectivity index (χ1n) is 9.66. The summed E-state index contributed by atoms with van der Waals surface area (Å²) in [6, 6.07) is 11.5. The molecular weight excluding hydrogens is 423 g/mol. The van der Waals surface area contributed by atoms with Crippen molar-refractivity contribution in [3.05, 3.63) is 86.7 Å². The molecule has 3 heterocycles. The van der Waals surface area contributed by atoms with Crippen LogP contribution in [0.4, 0.5) is 0 Å². The average Bonchev–Trinajstić information content (AvgIpc) is 3.22. The lowest BCUT2D eigenvalue weighted by Crippen LogP contribution is -2.33. The Kier molecular flexibility index (Phi) is 4.91. The van der Waals surface area contributed by atoms with Crippen molar-refractivity contribution in [3.8, 4) is 5.75 Å². The van der Waals surface area contributed by atoms with Crippen molar-refractivity contribution in [2.24, 2.45) is 0 Å². The molecule has 0 aliphatic carbocycles. The molecule has 3 atom stereocenters. The molecule has 9 nitrogen and oxygen atoms in total. The van der Waals surface area contributed by atoms with E-state index in [9.17, 15) is 14.2 Å². The maximum Gasteiger partial charge on any atom is 0.530 e. The van der Waals surface area contributed by atoms with E-state index >= 15 is 0 Å². The van der Waals surface area contributed by atoms with Crippen molar-refractivity contribution in [1.29, 1.82) is 0 Å². The van der Waals surface area contributed by atoms with Gasteiger partial charge in [0.05, 0.1) is 13.2 Å². The molecule has 0 spiro atoms. The molecule has 2 aliphatic heterocycles. The molecule has 1 unspecified atom stereocenters. The van der Waals surface area contributed by atoms with Crippen molar-refractivity contribution in [3.63, 3.8) is 0 Å². The molecule has 0 saturated heterocycles. The van der Waals surface area contributed by atoms with Gasteiger partial charge in [-0.2, -0.15) is 0 Å². The molecule has 5 rings (SSSR count). The summed E-state index contributed by atoms with van der Waals surface area (Å²) in [5, 5.41) is 2.00. The second-order valence-electron chi connectivity index (χ2n) is 7.34. The van der Waals surface area contributed by atoms with Crippen LogP contribution in [-0.4, -0.2) is 22.3 Å². The first-order valence-corrected chi connectivity index (χ1v) is 11.1. The molecule has 2 aromatic carbocycles. The number of hydrogen-bond donors (Lipinski definition) is 1. The van der Waals surface area contributed by atoms with Crippen LogP contribution < -0.4 is 15.8 Å². The highest BCUT2D eigenvalue weighted by Gasteiger charge is 2.36. The van der Waals surface area contributed by atoms with Crippen molar-refractivity contribution in [2.45, 2.75) is 25.9 Å². The summed E-state index contributed by atoms with van der Waals surface area (Å²) in [4.78, 5) is 25.8. The molecule has 1 N–H and O–H groups in total. The molecule has 0 saturated carbocycles. The monoisotopic (exact) mass is 442 g/mol. The fourth-order valence-corrected chi connectivity index (χ4v) is 4.72. The van der Waals surface area contributed by atoms with E-state index in [2.05, 4.69) is 4.98 Å². The van der Waals surface area contributed by atoms with Gasteiger partial charge in [-0.3, -0.25) is 23.4 Å². The van der Waals surface area contributed by atoms with E-state index in [1.165, 1.54) is 10.8 Å². The van der Waals surface area contributed by atoms with Crippen LogP contribution in [0.25, 0.3) is 10.8 Å². The van der Waals surface area contributed by atoms with Gasteiger partial charge >= 0.3 is 13.5 Å². The Morgan fingerprint density at radius 2 is 1.97 bits per heavy atom. The zero-order valence-electron chi connectivity index (χ0n) is 16.5. The number of ether oxygens (including phenoxy) is 1. The Hall–Kier alpha value is -2.97. The molecule has 3 aromatic rings. The summed E-state index contributed by atoms with van der Waals surface area (Å²) in [5.41, 5.74) is 0.151. The average molecular weight is 442 g/mol.